The number of nitrogens with one attached hydrogen (secondary N) is 1. The SMILES string of the molecule is C[C@@H](O)C1C(=O)N[C@@H]1[C@@H](C)C(=O)N1CC2CN(C(=O)OC(C)(C)C)CC2C1. The van der Waals surface area contributed by atoms with E-state index in [2.05, 4.69) is 5.32 Å². The monoisotopic (exact) mass is 381 g/mol. The highest BCUT2D eigenvalue weighted by atomic mass is 16.6. The highest BCUT2D eigenvalue weighted by Gasteiger charge is 2.50. The first kappa shape index (κ1) is 19.9. The number of nitrogens with zero attached hydrogens (tertiary/aromatic N) is 2. The molecule has 6 atom stereocenters. The van der Waals surface area contributed by atoms with Crippen LogP contribution in [0, 0.1) is 23.7 Å². The van der Waals surface area contributed by atoms with E-state index in [4.69, 9.17) is 4.74 Å². The number of aliphatic hydroxyl groups is 1. The summed E-state index contributed by atoms with van der Waals surface area (Å²) in [6.07, 6.45) is -1.06. The van der Waals surface area contributed by atoms with Gasteiger partial charge in [-0.05, 0) is 27.7 Å². The molecule has 3 unspecified atom stereocenters. The fourth-order valence-electron chi connectivity index (χ4n) is 4.46. The van der Waals surface area contributed by atoms with Gasteiger partial charge in [-0.1, -0.05) is 6.92 Å². The molecule has 3 rings (SSSR count). The van der Waals surface area contributed by atoms with Gasteiger partial charge in [-0.2, -0.15) is 0 Å². The Kier molecular flexibility index (Phi) is 5.14. The van der Waals surface area contributed by atoms with E-state index in [0.29, 0.717) is 26.2 Å². The number of carbonyl (C=O) groups excluding carboxylic acids is 3. The molecule has 0 aliphatic carbocycles. The van der Waals surface area contributed by atoms with E-state index in [1.807, 2.05) is 32.6 Å². The van der Waals surface area contributed by atoms with Crippen molar-refractivity contribution in [2.45, 2.75) is 52.4 Å². The molecule has 27 heavy (non-hydrogen) atoms. The Morgan fingerprint density at radius 2 is 1.63 bits per heavy atom. The third-order valence-corrected chi connectivity index (χ3v) is 5.90. The average molecular weight is 381 g/mol. The molecular weight excluding hydrogens is 350 g/mol. The van der Waals surface area contributed by atoms with Crippen molar-refractivity contribution in [1.82, 2.24) is 15.1 Å². The summed E-state index contributed by atoms with van der Waals surface area (Å²) in [5, 5.41) is 12.5. The quantitative estimate of drug-likeness (QED) is 0.692. The van der Waals surface area contributed by atoms with Crippen LogP contribution in [0.1, 0.15) is 34.6 Å². The largest absolute Gasteiger partial charge is 0.444 e. The molecule has 8 nitrogen and oxygen atoms in total. The van der Waals surface area contributed by atoms with Gasteiger partial charge < -0.3 is 25.0 Å². The Balaban J connectivity index is 1.54. The number of ether oxygens (including phenoxy) is 1. The minimum Gasteiger partial charge on any atom is -0.444 e. The fraction of sp³-hybridized carbons (Fsp3) is 0.842. The summed E-state index contributed by atoms with van der Waals surface area (Å²) in [7, 11) is 0. The molecule has 3 heterocycles. The zero-order valence-corrected chi connectivity index (χ0v) is 16.8. The predicted octanol–water partition coefficient (Wildman–Crippen LogP) is 0.443. The molecule has 0 aromatic rings. The highest BCUT2D eigenvalue weighted by Crippen LogP contribution is 2.34. The van der Waals surface area contributed by atoms with Crippen LogP contribution in [-0.2, 0) is 14.3 Å². The van der Waals surface area contributed by atoms with Crippen molar-refractivity contribution in [2.24, 2.45) is 23.7 Å². The maximum atomic E-state index is 12.9. The predicted molar refractivity (Wildman–Crippen MR) is 97.6 cm³/mol. The summed E-state index contributed by atoms with van der Waals surface area (Å²) in [4.78, 5) is 40.3. The van der Waals surface area contributed by atoms with Crippen LogP contribution in [0.2, 0.25) is 0 Å². The number of amides is 3. The Labute approximate surface area is 160 Å². The maximum Gasteiger partial charge on any atom is 0.410 e. The van der Waals surface area contributed by atoms with Crippen molar-refractivity contribution in [1.29, 1.82) is 0 Å². The second-order valence-corrected chi connectivity index (χ2v) is 9.24. The molecule has 0 aromatic carbocycles. The van der Waals surface area contributed by atoms with Crippen molar-refractivity contribution in [3.8, 4) is 0 Å². The van der Waals surface area contributed by atoms with Gasteiger partial charge in [0.05, 0.1) is 24.0 Å². The number of carbonyl (C=O) groups is 3. The Morgan fingerprint density at radius 3 is 2.07 bits per heavy atom. The van der Waals surface area contributed by atoms with E-state index in [1.165, 1.54) is 0 Å². The molecule has 3 amide bonds. The molecule has 8 heteroatoms. The fourth-order valence-corrected chi connectivity index (χ4v) is 4.46. The van der Waals surface area contributed by atoms with Crippen LogP contribution in [0.25, 0.3) is 0 Å². The number of likely N-dealkylation sites (tertiary alicyclic amines) is 2. The summed E-state index contributed by atoms with van der Waals surface area (Å²) >= 11 is 0. The Hall–Kier alpha value is -1.83. The molecule has 152 valence electrons. The number of fused-ring (bicyclic) bond motifs is 1. The van der Waals surface area contributed by atoms with E-state index >= 15 is 0 Å². The van der Waals surface area contributed by atoms with Gasteiger partial charge in [0.15, 0.2) is 0 Å². The van der Waals surface area contributed by atoms with Gasteiger partial charge in [0, 0.05) is 38.0 Å². The lowest BCUT2D eigenvalue weighted by Crippen LogP contribution is -2.66. The third kappa shape index (κ3) is 3.90. The lowest BCUT2D eigenvalue weighted by atomic mass is 9.78. The first-order chi connectivity index (χ1) is 12.5. The molecule has 0 saturated carbocycles. The molecule has 0 bridgehead atoms. The van der Waals surface area contributed by atoms with Crippen LogP contribution in [-0.4, -0.2) is 76.7 Å². The molecule has 0 radical (unpaired) electrons. The summed E-state index contributed by atoms with van der Waals surface area (Å²) in [6.45, 7) is 11.4. The van der Waals surface area contributed by atoms with E-state index in [1.54, 1.807) is 11.8 Å². The number of hydrogen-bond acceptors (Lipinski definition) is 5. The maximum absolute atomic E-state index is 12.9. The molecule has 3 saturated heterocycles. The lowest BCUT2D eigenvalue weighted by molar-refractivity contribution is -0.148. The summed E-state index contributed by atoms with van der Waals surface area (Å²) in [6, 6.07) is -0.316. The Morgan fingerprint density at radius 1 is 1.11 bits per heavy atom. The third-order valence-electron chi connectivity index (χ3n) is 5.90. The molecule has 3 aliphatic heterocycles. The first-order valence-electron chi connectivity index (χ1n) is 9.73. The molecule has 0 spiro atoms. The molecule has 0 aromatic heterocycles. The number of β-lactam (4-membered cyclic amide) rings is 1. The van der Waals surface area contributed by atoms with Crippen LogP contribution >= 0.6 is 0 Å². The summed E-state index contributed by atoms with van der Waals surface area (Å²) < 4.78 is 5.44. The number of aliphatic hydroxyl groups excluding tert-OH is 1. The average Bonchev–Trinajstić information content (AvgIpc) is 3.07. The minimum atomic E-state index is -0.764. The second kappa shape index (κ2) is 6.96. The Bertz CT molecular complexity index is 615. The van der Waals surface area contributed by atoms with Crippen LogP contribution in [0.3, 0.4) is 0 Å². The molecule has 2 N–H and O–H groups in total. The number of rotatable bonds is 3. The van der Waals surface area contributed by atoms with Crippen LogP contribution in [0.5, 0.6) is 0 Å². The van der Waals surface area contributed by atoms with Gasteiger partial charge in [0.1, 0.15) is 5.60 Å². The van der Waals surface area contributed by atoms with Gasteiger partial charge in [-0.3, -0.25) is 9.59 Å². The standard InChI is InChI=1S/C19H31N3O5/c1-10(15-14(11(2)23)16(24)20-15)17(25)21-6-12-8-22(9-13(12)7-21)18(26)27-19(3,4)5/h10-15,23H,6-9H2,1-5H3,(H,20,24)/t10-,11-,12?,13?,14?,15-/m1/s1. The zero-order chi connectivity index (χ0) is 20.1. The lowest BCUT2D eigenvalue weighted by Gasteiger charge is -2.42. The van der Waals surface area contributed by atoms with Gasteiger partial charge in [-0.15, -0.1) is 0 Å². The van der Waals surface area contributed by atoms with E-state index in [0.717, 1.165) is 0 Å². The normalized spacial score (nSPS) is 32.4. The van der Waals surface area contributed by atoms with Gasteiger partial charge >= 0.3 is 6.09 Å². The molecule has 3 fully saturated rings. The molecular formula is C19H31N3O5. The van der Waals surface area contributed by atoms with Crippen molar-refractivity contribution in [2.75, 3.05) is 26.2 Å². The van der Waals surface area contributed by atoms with E-state index in [9.17, 15) is 19.5 Å². The molecule has 3 aliphatic rings. The van der Waals surface area contributed by atoms with Crippen LogP contribution in [0.4, 0.5) is 4.79 Å². The van der Waals surface area contributed by atoms with Gasteiger partial charge in [0.25, 0.3) is 0 Å². The van der Waals surface area contributed by atoms with Crippen molar-refractivity contribution in [3.05, 3.63) is 0 Å². The van der Waals surface area contributed by atoms with Crippen molar-refractivity contribution >= 4 is 17.9 Å². The highest BCUT2D eigenvalue weighted by molar-refractivity contribution is 5.90. The van der Waals surface area contributed by atoms with E-state index < -0.39 is 17.6 Å². The van der Waals surface area contributed by atoms with Gasteiger partial charge in [0.2, 0.25) is 11.8 Å². The van der Waals surface area contributed by atoms with Gasteiger partial charge in [-0.25, -0.2) is 4.79 Å². The second-order valence-electron chi connectivity index (χ2n) is 9.24. The van der Waals surface area contributed by atoms with Crippen molar-refractivity contribution in [3.63, 3.8) is 0 Å². The minimum absolute atomic E-state index is 0.00358. The zero-order valence-electron chi connectivity index (χ0n) is 16.8. The topological polar surface area (TPSA) is 99.2 Å². The summed E-state index contributed by atoms with van der Waals surface area (Å²) in [5.41, 5.74) is -0.514. The number of hydrogen-bond donors (Lipinski definition) is 2. The smallest absolute Gasteiger partial charge is 0.410 e. The van der Waals surface area contributed by atoms with Crippen molar-refractivity contribution < 1.29 is 24.2 Å². The van der Waals surface area contributed by atoms with Crippen LogP contribution < -0.4 is 5.32 Å². The van der Waals surface area contributed by atoms with Crippen LogP contribution in [0.15, 0.2) is 0 Å². The first-order valence-corrected chi connectivity index (χ1v) is 9.73. The summed E-state index contributed by atoms with van der Waals surface area (Å²) in [5.74, 6) is -0.559. The van der Waals surface area contributed by atoms with E-state index in [-0.39, 0.29) is 41.7 Å².